The fraction of sp³-hybridized carbons (Fsp3) is 0.196. The van der Waals surface area contributed by atoms with Crippen LogP contribution in [0.15, 0.2) is 214 Å². The second kappa shape index (κ2) is 15.9. The lowest BCUT2D eigenvalue weighted by Gasteiger charge is -2.39. The predicted octanol–water partition coefficient (Wildman–Crippen LogP) is 14.7. The Bertz CT molecular complexity index is 2640. The summed E-state index contributed by atoms with van der Waals surface area (Å²) in [5, 5.41) is 0. The molecule has 10 rings (SSSR count). The summed E-state index contributed by atoms with van der Waals surface area (Å²) >= 11 is 0. The zero-order valence-electron chi connectivity index (χ0n) is 33.2. The number of nitrogens with zero attached hydrogens (tertiary/aromatic N) is 1. The van der Waals surface area contributed by atoms with Crippen molar-refractivity contribution in [2.24, 2.45) is 10.9 Å². The highest BCUT2D eigenvalue weighted by Crippen LogP contribution is 2.53. The third kappa shape index (κ3) is 7.24. The maximum atomic E-state index is 6.40. The smallest absolute Gasteiger partial charge is 0.0711 e. The van der Waals surface area contributed by atoms with E-state index in [9.17, 15) is 0 Å². The van der Waals surface area contributed by atoms with Crippen LogP contribution in [-0.2, 0) is 0 Å². The number of para-hydroxylation sites is 1. The summed E-state index contributed by atoms with van der Waals surface area (Å²) < 4.78 is 0. The number of fused-ring (bicyclic) bond motifs is 1. The average molecular weight is 751 g/mol. The Labute approximate surface area is 344 Å². The van der Waals surface area contributed by atoms with Crippen LogP contribution in [0.25, 0.3) is 27.8 Å². The predicted molar refractivity (Wildman–Crippen MR) is 245 cm³/mol. The van der Waals surface area contributed by atoms with Gasteiger partial charge in [-0.05, 0) is 155 Å². The highest BCUT2D eigenvalue weighted by Gasteiger charge is 2.35. The molecule has 58 heavy (non-hydrogen) atoms. The van der Waals surface area contributed by atoms with Crippen molar-refractivity contribution >= 4 is 22.7 Å². The van der Waals surface area contributed by atoms with Gasteiger partial charge in [0.05, 0.1) is 5.69 Å². The van der Waals surface area contributed by atoms with Crippen molar-refractivity contribution in [3.8, 4) is 22.3 Å². The number of hydrogen-bond donors (Lipinski definition) is 1. The van der Waals surface area contributed by atoms with Gasteiger partial charge in [0, 0.05) is 28.8 Å². The Morgan fingerprint density at radius 3 is 2.02 bits per heavy atom. The molecule has 0 bridgehead atoms. The Morgan fingerprint density at radius 1 is 0.534 bits per heavy atom. The van der Waals surface area contributed by atoms with E-state index in [0.717, 1.165) is 69.2 Å². The standard InChI is InChI=1S/C56H50N2/c57-47-25-13-22-42(32-47)45-34-52(39-17-6-2-7-18-39)50-29-30-51-53(40-19-8-3-9-20-40)35-46(37-55(51)54(50)36-45)43-23-14-26-48(33-43)58-56-28-11-10-27-49(56)44-24-12-21-41(31-44)38-15-4-1-5-16-38/h1,3-6,8-13,15-22,24-25,27-28,31-35,45-46H,2,7,14,23,26,29-30,36-37,57H2. The number of nitrogens with two attached hydrogens (primary N) is 1. The molecule has 0 heterocycles. The molecule has 5 aliphatic rings. The minimum Gasteiger partial charge on any atom is -0.399 e. The Hall–Kier alpha value is -6.25. The van der Waals surface area contributed by atoms with Gasteiger partial charge < -0.3 is 5.73 Å². The highest BCUT2D eigenvalue weighted by atomic mass is 14.8. The van der Waals surface area contributed by atoms with Gasteiger partial charge in [0.1, 0.15) is 0 Å². The van der Waals surface area contributed by atoms with Crippen LogP contribution in [-0.4, -0.2) is 5.71 Å². The molecule has 2 atom stereocenters. The lowest BCUT2D eigenvalue weighted by Crippen LogP contribution is -2.22. The summed E-state index contributed by atoms with van der Waals surface area (Å²) in [6.45, 7) is 0. The van der Waals surface area contributed by atoms with Crippen LogP contribution in [0.3, 0.4) is 0 Å². The molecule has 0 spiro atoms. The van der Waals surface area contributed by atoms with Crippen LogP contribution in [0.4, 0.5) is 11.4 Å². The first-order chi connectivity index (χ1) is 28.6. The van der Waals surface area contributed by atoms with Gasteiger partial charge in [-0.3, -0.25) is 4.99 Å². The van der Waals surface area contributed by atoms with Gasteiger partial charge in [0.2, 0.25) is 0 Å². The molecular weight excluding hydrogens is 701 g/mol. The topological polar surface area (TPSA) is 38.4 Å². The number of nitrogen functional groups attached to an aromatic ring is 1. The fourth-order valence-corrected chi connectivity index (χ4v) is 10.1. The van der Waals surface area contributed by atoms with Crippen molar-refractivity contribution < 1.29 is 0 Å². The highest BCUT2D eigenvalue weighted by molar-refractivity contribution is 5.99. The van der Waals surface area contributed by atoms with Gasteiger partial charge in [-0.1, -0.05) is 145 Å². The number of rotatable bonds is 7. The monoisotopic (exact) mass is 750 g/mol. The molecule has 0 saturated carbocycles. The van der Waals surface area contributed by atoms with Crippen molar-refractivity contribution in [2.45, 2.75) is 63.7 Å². The molecule has 0 saturated heterocycles. The first-order valence-electron chi connectivity index (χ1n) is 21.3. The van der Waals surface area contributed by atoms with Crippen LogP contribution in [0.1, 0.15) is 74.8 Å². The molecule has 2 nitrogen and oxygen atoms in total. The molecule has 0 aromatic heterocycles. The molecule has 0 fully saturated rings. The Morgan fingerprint density at radius 2 is 1.22 bits per heavy atom. The van der Waals surface area contributed by atoms with Crippen LogP contribution in [0, 0.1) is 5.92 Å². The molecule has 284 valence electrons. The molecule has 2 unspecified atom stereocenters. The largest absolute Gasteiger partial charge is 0.399 e. The molecule has 5 aromatic rings. The molecule has 5 aromatic carbocycles. The van der Waals surface area contributed by atoms with Gasteiger partial charge in [-0.2, -0.15) is 0 Å². The van der Waals surface area contributed by atoms with E-state index in [-0.39, 0.29) is 5.92 Å². The van der Waals surface area contributed by atoms with Gasteiger partial charge in [0.25, 0.3) is 0 Å². The number of allylic oxidation sites excluding steroid dienone is 14. The third-order valence-electron chi connectivity index (χ3n) is 12.9. The third-order valence-corrected chi connectivity index (χ3v) is 12.9. The van der Waals surface area contributed by atoms with Crippen LogP contribution in [0.2, 0.25) is 0 Å². The summed E-state index contributed by atoms with van der Waals surface area (Å²) in [4.78, 5) is 5.45. The van der Waals surface area contributed by atoms with Crippen molar-refractivity contribution in [1.29, 1.82) is 0 Å². The fourth-order valence-electron chi connectivity index (χ4n) is 10.1. The van der Waals surface area contributed by atoms with E-state index in [2.05, 4.69) is 164 Å². The van der Waals surface area contributed by atoms with Gasteiger partial charge >= 0.3 is 0 Å². The van der Waals surface area contributed by atoms with E-state index < -0.39 is 0 Å². The number of aliphatic imine (C=N–C) groups is 1. The molecule has 5 aliphatic carbocycles. The van der Waals surface area contributed by atoms with E-state index in [1.54, 1.807) is 22.3 Å². The van der Waals surface area contributed by atoms with Crippen LogP contribution in [0.5, 0.6) is 0 Å². The van der Waals surface area contributed by atoms with Crippen molar-refractivity contribution in [2.75, 3.05) is 5.73 Å². The van der Waals surface area contributed by atoms with Crippen molar-refractivity contribution in [3.05, 3.63) is 220 Å². The van der Waals surface area contributed by atoms with E-state index in [4.69, 9.17) is 10.7 Å². The van der Waals surface area contributed by atoms with E-state index >= 15 is 0 Å². The van der Waals surface area contributed by atoms with Gasteiger partial charge in [-0.25, -0.2) is 0 Å². The van der Waals surface area contributed by atoms with Gasteiger partial charge in [0.15, 0.2) is 0 Å². The Balaban J connectivity index is 1.03. The normalized spacial score (nSPS) is 21.1. The van der Waals surface area contributed by atoms with E-state index in [1.807, 2.05) is 6.07 Å². The average Bonchev–Trinajstić information content (AvgIpc) is 3.29. The Kier molecular flexibility index (Phi) is 9.93. The quantitative estimate of drug-likeness (QED) is 0.165. The van der Waals surface area contributed by atoms with Crippen LogP contribution >= 0.6 is 0 Å². The van der Waals surface area contributed by atoms with Gasteiger partial charge in [-0.15, -0.1) is 0 Å². The molecule has 0 radical (unpaired) electrons. The lowest BCUT2D eigenvalue weighted by atomic mass is 9.65. The molecular formula is C56H50N2. The summed E-state index contributed by atoms with van der Waals surface area (Å²) in [5.41, 5.74) is 29.0. The zero-order chi connectivity index (χ0) is 38.8. The van der Waals surface area contributed by atoms with E-state index in [1.165, 1.54) is 61.4 Å². The SMILES string of the molecule is Nc1cccc(C2C=C(C3=CCCC=C3)C3=C(C2)C2=C(CC3)C(c3ccccc3)=CC(C3=CC(=Nc4ccccc4-c4cccc(-c5ccccc5)c4)CCC3)C2)c1. The maximum Gasteiger partial charge on any atom is 0.0711 e. The minimum absolute atomic E-state index is 0.283. The number of hydrogen-bond acceptors (Lipinski definition) is 2. The summed E-state index contributed by atoms with van der Waals surface area (Å²) in [6, 6.07) is 48.0. The maximum absolute atomic E-state index is 6.40. The second-order valence-electron chi connectivity index (χ2n) is 16.5. The number of benzene rings is 5. The number of anilines is 1. The summed E-state index contributed by atoms with van der Waals surface area (Å²) in [6.07, 6.45) is 24.5. The second-order valence-corrected chi connectivity index (χ2v) is 16.5. The molecule has 0 amide bonds. The summed E-state index contributed by atoms with van der Waals surface area (Å²) in [7, 11) is 0. The summed E-state index contributed by atoms with van der Waals surface area (Å²) in [5.74, 6) is 0.601. The molecule has 2 heteroatoms. The van der Waals surface area contributed by atoms with Crippen molar-refractivity contribution in [3.63, 3.8) is 0 Å². The first kappa shape index (κ1) is 36.1. The molecule has 2 N–H and O–H groups in total. The first-order valence-corrected chi connectivity index (χ1v) is 21.3. The van der Waals surface area contributed by atoms with Crippen LogP contribution < -0.4 is 5.73 Å². The molecule has 0 aliphatic heterocycles. The lowest BCUT2D eigenvalue weighted by molar-refractivity contribution is 0.644. The zero-order valence-corrected chi connectivity index (χ0v) is 33.2. The van der Waals surface area contributed by atoms with E-state index in [0.29, 0.717) is 5.92 Å². The minimum atomic E-state index is 0.283. The van der Waals surface area contributed by atoms with Crippen molar-refractivity contribution in [1.82, 2.24) is 0 Å².